The highest BCUT2D eigenvalue weighted by molar-refractivity contribution is 5.99. The predicted octanol–water partition coefficient (Wildman–Crippen LogP) is 5.23. The molecule has 0 bridgehead atoms. The van der Waals surface area contributed by atoms with Crippen molar-refractivity contribution < 1.29 is 9.53 Å². The number of nitrogens with one attached hydrogen (secondary N) is 1. The Balaban J connectivity index is 1.81. The number of carbonyl (C=O) groups is 1. The van der Waals surface area contributed by atoms with Crippen molar-refractivity contribution in [1.29, 1.82) is 0 Å². The van der Waals surface area contributed by atoms with Crippen LogP contribution in [0.1, 0.15) is 19.7 Å². The SMILES string of the molecule is C=C/C(=C\C=C/C)c1nc(NC)c2cc(-c3ccc4c(c3)N(CC)C(=O)CO4)ccc2n1. The van der Waals surface area contributed by atoms with Gasteiger partial charge in [-0.05, 0) is 49.2 Å². The molecule has 2 heterocycles. The summed E-state index contributed by atoms with van der Waals surface area (Å²) in [5, 5.41) is 4.11. The van der Waals surface area contributed by atoms with Gasteiger partial charge in [-0.25, -0.2) is 9.97 Å². The molecule has 32 heavy (non-hydrogen) atoms. The molecule has 1 aliphatic heterocycles. The van der Waals surface area contributed by atoms with Gasteiger partial charge in [-0.3, -0.25) is 4.79 Å². The maximum Gasteiger partial charge on any atom is 0.265 e. The molecule has 0 saturated heterocycles. The summed E-state index contributed by atoms with van der Waals surface area (Å²) < 4.78 is 5.60. The highest BCUT2D eigenvalue weighted by Crippen LogP contribution is 2.37. The Labute approximate surface area is 187 Å². The van der Waals surface area contributed by atoms with Crippen LogP contribution in [0.5, 0.6) is 5.75 Å². The number of amides is 1. The number of nitrogens with zero attached hydrogens (tertiary/aromatic N) is 3. The molecule has 1 aliphatic rings. The molecule has 0 aliphatic carbocycles. The number of aromatic nitrogens is 2. The molecule has 1 aromatic heterocycles. The summed E-state index contributed by atoms with van der Waals surface area (Å²) in [5.74, 6) is 2.06. The van der Waals surface area contributed by atoms with E-state index in [1.165, 1.54) is 0 Å². The van der Waals surface area contributed by atoms with Crippen LogP contribution in [0.15, 0.2) is 67.3 Å². The molecule has 2 aromatic carbocycles. The molecule has 162 valence electrons. The number of carbonyl (C=O) groups excluding carboxylic acids is 1. The van der Waals surface area contributed by atoms with E-state index in [1.54, 1.807) is 11.0 Å². The van der Waals surface area contributed by atoms with Gasteiger partial charge in [-0.2, -0.15) is 0 Å². The second-order valence-corrected chi connectivity index (χ2v) is 7.34. The van der Waals surface area contributed by atoms with Crippen LogP contribution in [-0.2, 0) is 4.79 Å². The highest BCUT2D eigenvalue weighted by atomic mass is 16.5. The Kier molecular flexibility index (Phi) is 6.03. The molecule has 3 aromatic rings. The van der Waals surface area contributed by atoms with Gasteiger partial charge in [0.1, 0.15) is 11.6 Å². The average Bonchev–Trinajstić information content (AvgIpc) is 2.83. The van der Waals surface area contributed by atoms with Crippen molar-refractivity contribution in [2.45, 2.75) is 13.8 Å². The number of hydrogen-bond donors (Lipinski definition) is 1. The van der Waals surface area contributed by atoms with E-state index in [9.17, 15) is 4.79 Å². The van der Waals surface area contributed by atoms with E-state index < -0.39 is 0 Å². The summed E-state index contributed by atoms with van der Waals surface area (Å²) in [6, 6.07) is 12.0. The van der Waals surface area contributed by atoms with Crippen LogP contribution in [0, 0.1) is 0 Å². The predicted molar refractivity (Wildman–Crippen MR) is 131 cm³/mol. The second-order valence-electron chi connectivity index (χ2n) is 7.34. The third-order valence-corrected chi connectivity index (χ3v) is 5.43. The van der Waals surface area contributed by atoms with Crippen molar-refractivity contribution in [1.82, 2.24) is 9.97 Å². The monoisotopic (exact) mass is 426 g/mol. The number of rotatable bonds is 6. The lowest BCUT2D eigenvalue weighted by Crippen LogP contribution is -2.38. The van der Waals surface area contributed by atoms with E-state index in [1.807, 2.05) is 69.5 Å². The van der Waals surface area contributed by atoms with Crippen LogP contribution in [-0.4, -0.2) is 36.1 Å². The van der Waals surface area contributed by atoms with E-state index in [0.29, 0.717) is 12.4 Å². The minimum atomic E-state index is -0.0296. The summed E-state index contributed by atoms with van der Waals surface area (Å²) in [6.45, 7) is 8.50. The van der Waals surface area contributed by atoms with E-state index >= 15 is 0 Å². The zero-order valence-corrected chi connectivity index (χ0v) is 18.6. The Morgan fingerprint density at radius 3 is 2.72 bits per heavy atom. The zero-order valence-electron chi connectivity index (χ0n) is 18.6. The summed E-state index contributed by atoms with van der Waals surface area (Å²) in [5.41, 5.74) is 4.49. The third-order valence-electron chi connectivity index (χ3n) is 5.43. The molecule has 0 spiro atoms. The number of ether oxygens (including phenoxy) is 1. The minimum absolute atomic E-state index is 0.0296. The van der Waals surface area contributed by atoms with E-state index in [2.05, 4.69) is 18.0 Å². The lowest BCUT2D eigenvalue weighted by Gasteiger charge is -2.28. The number of likely N-dealkylation sites (N-methyl/N-ethyl adjacent to an activating group) is 1. The van der Waals surface area contributed by atoms with Crippen LogP contribution < -0.4 is 15.0 Å². The minimum Gasteiger partial charge on any atom is -0.482 e. The topological polar surface area (TPSA) is 67.4 Å². The van der Waals surface area contributed by atoms with Crippen LogP contribution in [0.25, 0.3) is 27.6 Å². The number of benzene rings is 2. The van der Waals surface area contributed by atoms with Crippen molar-refractivity contribution in [3.8, 4) is 16.9 Å². The first-order valence-corrected chi connectivity index (χ1v) is 10.6. The van der Waals surface area contributed by atoms with Gasteiger partial charge in [0.15, 0.2) is 12.4 Å². The van der Waals surface area contributed by atoms with Crippen LogP contribution in [0.2, 0.25) is 0 Å². The lowest BCUT2D eigenvalue weighted by molar-refractivity contribution is -0.121. The van der Waals surface area contributed by atoms with Gasteiger partial charge >= 0.3 is 0 Å². The molecule has 0 unspecified atom stereocenters. The molecule has 1 N–H and O–H groups in total. The van der Waals surface area contributed by atoms with E-state index in [-0.39, 0.29) is 12.5 Å². The summed E-state index contributed by atoms with van der Waals surface area (Å²) in [4.78, 5) is 23.5. The van der Waals surface area contributed by atoms with Crippen molar-refractivity contribution in [3.05, 3.63) is 73.1 Å². The smallest absolute Gasteiger partial charge is 0.265 e. The molecule has 0 fully saturated rings. The first-order chi connectivity index (χ1) is 15.6. The standard InChI is InChI=1S/C26H26N4O2/c1-5-8-9-17(6-2)25-28-21-12-10-18(14-20(21)26(27-4)29-25)19-11-13-23-22(15-19)30(7-3)24(31)16-32-23/h5-6,8-15H,2,7,16H2,1,3-4H3,(H,27,28,29)/b8-5-,17-9+. The number of hydrogen-bond acceptors (Lipinski definition) is 5. The van der Waals surface area contributed by atoms with Gasteiger partial charge in [0, 0.05) is 24.6 Å². The maximum atomic E-state index is 12.2. The fourth-order valence-corrected chi connectivity index (χ4v) is 3.79. The molecule has 6 heteroatoms. The number of allylic oxidation sites excluding steroid dienone is 5. The molecule has 0 radical (unpaired) electrons. The summed E-state index contributed by atoms with van der Waals surface area (Å²) in [6.07, 6.45) is 7.59. The van der Waals surface area contributed by atoms with Gasteiger partial charge in [-0.1, -0.05) is 43.0 Å². The maximum absolute atomic E-state index is 12.2. The van der Waals surface area contributed by atoms with Crippen molar-refractivity contribution in [2.24, 2.45) is 0 Å². The highest BCUT2D eigenvalue weighted by Gasteiger charge is 2.24. The Morgan fingerprint density at radius 2 is 2.00 bits per heavy atom. The number of anilines is 2. The van der Waals surface area contributed by atoms with Crippen LogP contribution in [0.4, 0.5) is 11.5 Å². The van der Waals surface area contributed by atoms with Gasteiger partial charge < -0.3 is 15.0 Å². The van der Waals surface area contributed by atoms with Gasteiger partial charge in [-0.15, -0.1) is 0 Å². The van der Waals surface area contributed by atoms with Gasteiger partial charge in [0.05, 0.1) is 11.2 Å². The van der Waals surface area contributed by atoms with Crippen LogP contribution in [0.3, 0.4) is 0 Å². The molecule has 1 amide bonds. The number of fused-ring (bicyclic) bond motifs is 2. The van der Waals surface area contributed by atoms with Crippen molar-refractivity contribution >= 4 is 33.9 Å². The Morgan fingerprint density at radius 1 is 1.22 bits per heavy atom. The molecule has 6 nitrogen and oxygen atoms in total. The summed E-state index contributed by atoms with van der Waals surface area (Å²) in [7, 11) is 1.85. The molecule has 0 atom stereocenters. The Bertz CT molecular complexity index is 1260. The van der Waals surface area contributed by atoms with E-state index in [0.717, 1.165) is 44.9 Å². The average molecular weight is 427 g/mol. The van der Waals surface area contributed by atoms with Crippen molar-refractivity contribution in [2.75, 3.05) is 30.4 Å². The molecule has 0 saturated carbocycles. The first-order valence-electron chi connectivity index (χ1n) is 10.6. The Hall–Kier alpha value is -3.93. The summed E-state index contributed by atoms with van der Waals surface area (Å²) >= 11 is 0. The fraction of sp³-hybridized carbons (Fsp3) is 0.192. The van der Waals surface area contributed by atoms with E-state index in [4.69, 9.17) is 14.7 Å². The quantitative estimate of drug-likeness (QED) is 0.547. The molecular weight excluding hydrogens is 400 g/mol. The third kappa shape index (κ3) is 3.87. The normalized spacial score (nSPS) is 13.9. The van der Waals surface area contributed by atoms with Gasteiger partial charge in [0.25, 0.3) is 5.91 Å². The zero-order chi connectivity index (χ0) is 22.7. The second kappa shape index (κ2) is 9.06. The first kappa shape index (κ1) is 21.3. The lowest BCUT2D eigenvalue weighted by atomic mass is 10.0. The van der Waals surface area contributed by atoms with Crippen molar-refractivity contribution in [3.63, 3.8) is 0 Å². The van der Waals surface area contributed by atoms with Crippen LogP contribution >= 0.6 is 0 Å². The van der Waals surface area contributed by atoms with Gasteiger partial charge in [0.2, 0.25) is 0 Å². The fourth-order valence-electron chi connectivity index (χ4n) is 3.79. The molecular formula is C26H26N4O2. The largest absolute Gasteiger partial charge is 0.482 e. The molecule has 4 rings (SSSR count).